The second-order valence-electron chi connectivity index (χ2n) is 7.83. The molecule has 5 nitrogen and oxygen atoms in total. The van der Waals surface area contributed by atoms with Crippen molar-refractivity contribution < 1.29 is 9.18 Å². The zero-order valence-electron chi connectivity index (χ0n) is 18.2. The van der Waals surface area contributed by atoms with E-state index in [-0.39, 0.29) is 11.7 Å². The lowest BCUT2D eigenvalue weighted by atomic mass is 10.1. The summed E-state index contributed by atoms with van der Waals surface area (Å²) in [6, 6.07) is 23.7. The van der Waals surface area contributed by atoms with Crippen LogP contribution in [0.2, 0.25) is 0 Å². The van der Waals surface area contributed by atoms with Crippen molar-refractivity contribution in [3.05, 3.63) is 106 Å². The summed E-state index contributed by atoms with van der Waals surface area (Å²) in [5.41, 5.74) is 5.13. The number of amidine groups is 1. The SMILES string of the molecule is Cc1c(/C=C2/SC(=Nc3ccc(F)cc3)NC2=O)c2ccccc2n1Cc1ccccc1C#N. The first-order valence-electron chi connectivity index (χ1n) is 10.6. The molecular weight excluding hydrogens is 447 g/mol. The first-order chi connectivity index (χ1) is 16.5. The van der Waals surface area contributed by atoms with Crippen LogP contribution in [0, 0.1) is 24.1 Å². The minimum atomic E-state index is -0.336. The summed E-state index contributed by atoms with van der Waals surface area (Å²) >= 11 is 1.25. The fraction of sp³-hybridized carbons (Fsp3) is 0.0741. The molecule has 1 aliphatic rings. The normalized spacial score (nSPS) is 15.7. The third-order valence-corrected chi connectivity index (χ3v) is 6.64. The molecule has 7 heteroatoms. The van der Waals surface area contributed by atoms with Crippen LogP contribution >= 0.6 is 11.8 Å². The summed E-state index contributed by atoms with van der Waals surface area (Å²) < 4.78 is 15.3. The average Bonchev–Trinajstić information content (AvgIpc) is 3.32. The molecule has 0 aliphatic carbocycles. The minimum absolute atomic E-state index is 0.225. The number of aliphatic imine (C=N–C) groups is 1. The molecule has 34 heavy (non-hydrogen) atoms. The van der Waals surface area contributed by atoms with Crippen LogP contribution in [0.5, 0.6) is 0 Å². The number of hydrogen-bond donors (Lipinski definition) is 1. The van der Waals surface area contributed by atoms with E-state index < -0.39 is 0 Å². The average molecular weight is 467 g/mol. The number of rotatable bonds is 4. The fourth-order valence-electron chi connectivity index (χ4n) is 4.03. The van der Waals surface area contributed by atoms with Gasteiger partial charge in [-0.1, -0.05) is 36.4 Å². The molecule has 1 amide bonds. The Hall–Kier alpha value is -4.15. The van der Waals surface area contributed by atoms with Crippen molar-refractivity contribution in [1.29, 1.82) is 5.26 Å². The van der Waals surface area contributed by atoms with Gasteiger partial charge < -0.3 is 9.88 Å². The monoisotopic (exact) mass is 466 g/mol. The fourth-order valence-corrected chi connectivity index (χ4v) is 4.85. The van der Waals surface area contributed by atoms with Gasteiger partial charge in [-0.25, -0.2) is 9.38 Å². The number of carbonyl (C=O) groups is 1. The summed E-state index contributed by atoms with van der Waals surface area (Å²) in [5, 5.41) is 13.8. The van der Waals surface area contributed by atoms with Crippen molar-refractivity contribution >= 4 is 45.5 Å². The number of para-hydroxylation sites is 1. The third kappa shape index (κ3) is 4.12. The second-order valence-corrected chi connectivity index (χ2v) is 8.86. The van der Waals surface area contributed by atoms with Gasteiger partial charge in [0.2, 0.25) is 0 Å². The summed E-state index contributed by atoms with van der Waals surface area (Å²) in [7, 11) is 0. The summed E-state index contributed by atoms with van der Waals surface area (Å²) in [4.78, 5) is 17.6. The molecule has 1 saturated heterocycles. The highest BCUT2D eigenvalue weighted by molar-refractivity contribution is 8.18. The number of benzene rings is 3. The number of amides is 1. The van der Waals surface area contributed by atoms with Crippen molar-refractivity contribution in [3.8, 4) is 6.07 Å². The first-order valence-corrected chi connectivity index (χ1v) is 11.5. The molecule has 0 radical (unpaired) electrons. The zero-order chi connectivity index (χ0) is 23.7. The van der Waals surface area contributed by atoms with Gasteiger partial charge in [0.05, 0.1) is 22.2 Å². The van der Waals surface area contributed by atoms with Crippen LogP contribution in [0.3, 0.4) is 0 Å². The molecule has 0 saturated carbocycles. The predicted molar refractivity (Wildman–Crippen MR) is 134 cm³/mol. The van der Waals surface area contributed by atoms with Crippen molar-refractivity contribution in [1.82, 2.24) is 9.88 Å². The summed E-state index contributed by atoms with van der Waals surface area (Å²) in [5.74, 6) is -0.561. The van der Waals surface area contributed by atoms with Crippen LogP contribution in [-0.4, -0.2) is 15.6 Å². The lowest BCUT2D eigenvalue weighted by Crippen LogP contribution is -2.19. The van der Waals surface area contributed by atoms with E-state index in [4.69, 9.17) is 0 Å². The van der Waals surface area contributed by atoms with Gasteiger partial charge in [0.1, 0.15) is 5.82 Å². The standard InChI is InChI=1S/C27H19FN4OS/c1-17-23(14-25-26(33)31-27(34-25)30-21-12-10-20(28)11-13-21)22-8-4-5-9-24(22)32(17)16-19-7-3-2-6-18(19)15-29/h2-14H,16H2,1H3,(H,30,31,33)/b25-14+. The molecule has 0 atom stereocenters. The van der Waals surface area contributed by atoms with Crippen molar-refractivity contribution in [3.63, 3.8) is 0 Å². The maximum absolute atomic E-state index is 13.2. The number of fused-ring (bicyclic) bond motifs is 1. The largest absolute Gasteiger partial charge is 0.340 e. The van der Waals surface area contributed by atoms with Crippen molar-refractivity contribution in [2.45, 2.75) is 13.5 Å². The topological polar surface area (TPSA) is 70.2 Å². The number of carbonyl (C=O) groups excluding carboxylic acids is 1. The van der Waals surface area contributed by atoms with Crippen LogP contribution in [0.25, 0.3) is 17.0 Å². The van der Waals surface area contributed by atoms with Crippen LogP contribution < -0.4 is 5.32 Å². The Labute approximate surface area is 200 Å². The maximum Gasteiger partial charge on any atom is 0.264 e. The van der Waals surface area contributed by atoms with E-state index in [1.165, 1.54) is 23.9 Å². The Morgan fingerprint density at radius 3 is 2.62 bits per heavy atom. The number of nitrogens with one attached hydrogen (secondary N) is 1. The second kappa shape index (κ2) is 9.00. The highest BCUT2D eigenvalue weighted by Crippen LogP contribution is 2.33. The van der Waals surface area contributed by atoms with Gasteiger partial charge in [0.25, 0.3) is 5.91 Å². The Bertz CT molecular complexity index is 1530. The molecule has 5 rings (SSSR count). The van der Waals surface area contributed by atoms with Crippen LogP contribution in [0.1, 0.15) is 22.4 Å². The van der Waals surface area contributed by atoms with Gasteiger partial charge in [-0.15, -0.1) is 0 Å². The lowest BCUT2D eigenvalue weighted by molar-refractivity contribution is -0.115. The lowest BCUT2D eigenvalue weighted by Gasteiger charge is -2.10. The van der Waals surface area contributed by atoms with E-state index in [0.29, 0.717) is 27.9 Å². The van der Waals surface area contributed by atoms with Crippen molar-refractivity contribution in [2.75, 3.05) is 0 Å². The van der Waals surface area contributed by atoms with Gasteiger partial charge in [-0.2, -0.15) is 5.26 Å². The Morgan fingerprint density at radius 1 is 1.09 bits per heavy atom. The smallest absolute Gasteiger partial charge is 0.264 e. The molecule has 4 aromatic rings. The Balaban J connectivity index is 1.53. The summed E-state index contributed by atoms with van der Waals surface area (Å²) in [6.07, 6.45) is 1.89. The highest BCUT2D eigenvalue weighted by Gasteiger charge is 2.25. The highest BCUT2D eigenvalue weighted by atomic mass is 32.2. The molecule has 0 bridgehead atoms. The molecular formula is C27H19FN4OS. The molecule has 0 unspecified atom stereocenters. The number of nitriles is 1. The predicted octanol–water partition coefficient (Wildman–Crippen LogP) is 5.90. The quantitative estimate of drug-likeness (QED) is 0.381. The molecule has 1 aromatic heterocycles. The van der Waals surface area contributed by atoms with Gasteiger partial charge in [-0.05, 0) is 66.7 Å². The number of thioether (sulfide) groups is 1. The Kier molecular flexibility index (Phi) is 5.74. The molecule has 3 aromatic carbocycles. The molecule has 1 aliphatic heterocycles. The van der Waals surface area contributed by atoms with Gasteiger partial charge >= 0.3 is 0 Å². The molecule has 166 valence electrons. The van der Waals surface area contributed by atoms with Crippen LogP contribution in [0.15, 0.2) is 82.7 Å². The van der Waals surface area contributed by atoms with E-state index in [1.807, 2.05) is 61.5 Å². The molecule has 0 spiro atoms. The van der Waals surface area contributed by atoms with E-state index >= 15 is 0 Å². The maximum atomic E-state index is 13.2. The zero-order valence-corrected chi connectivity index (χ0v) is 19.1. The van der Waals surface area contributed by atoms with Gasteiger partial charge in [0, 0.05) is 28.7 Å². The number of halogens is 1. The number of aromatic nitrogens is 1. The molecule has 1 fully saturated rings. The number of hydrogen-bond acceptors (Lipinski definition) is 4. The van der Waals surface area contributed by atoms with Crippen LogP contribution in [-0.2, 0) is 11.3 Å². The van der Waals surface area contributed by atoms with Gasteiger partial charge in [0.15, 0.2) is 5.17 Å². The first kappa shape index (κ1) is 21.7. The van der Waals surface area contributed by atoms with Gasteiger partial charge in [-0.3, -0.25) is 4.79 Å². The van der Waals surface area contributed by atoms with Crippen LogP contribution in [0.4, 0.5) is 10.1 Å². The summed E-state index contributed by atoms with van der Waals surface area (Å²) in [6.45, 7) is 2.57. The van der Waals surface area contributed by atoms with E-state index in [0.717, 1.165) is 27.7 Å². The third-order valence-electron chi connectivity index (χ3n) is 5.73. The van der Waals surface area contributed by atoms with E-state index in [9.17, 15) is 14.4 Å². The number of nitrogens with zero attached hydrogens (tertiary/aromatic N) is 3. The minimum Gasteiger partial charge on any atom is -0.340 e. The van der Waals surface area contributed by atoms with Crippen molar-refractivity contribution in [2.24, 2.45) is 4.99 Å². The van der Waals surface area contributed by atoms with E-state index in [2.05, 4.69) is 20.9 Å². The molecule has 2 heterocycles. The Morgan fingerprint density at radius 2 is 1.82 bits per heavy atom. The van der Waals surface area contributed by atoms with E-state index in [1.54, 1.807) is 12.1 Å². The molecule has 1 N–H and O–H groups in total.